The molecule has 0 radical (unpaired) electrons. The van der Waals surface area contributed by atoms with Crippen molar-refractivity contribution in [3.63, 3.8) is 0 Å². The Kier molecular flexibility index (Phi) is 4.63. The lowest BCUT2D eigenvalue weighted by molar-refractivity contribution is 0.402. The molecule has 0 fully saturated rings. The molecule has 6 heteroatoms. The molecule has 0 bridgehead atoms. The van der Waals surface area contributed by atoms with Crippen molar-refractivity contribution in [1.82, 2.24) is 4.98 Å². The first-order valence-electron chi connectivity index (χ1n) is 8.27. The van der Waals surface area contributed by atoms with Crippen LogP contribution in [0, 0.1) is 0 Å². The molecule has 5 nitrogen and oxygen atoms in total. The second-order valence-corrected chi connectivity index (χ2v) is 8.79. The van der Waals surface area contributed by atoms with Gasteiger partial charge in [-0.25, -0.2) is 8.42 Å². The van der Waals surface area contributed by atoms with Gasteiger partial charge in [-0.15, -0.1) is 0 Å². The lowest BCUT2D eigenvalue weighted by atomic mass is 9.87. The van der Waals surface area contributed by atoms with E-state index in [1.54, 1.807) is 18.2 Å². The lowest BCUT2D eigenvalue weighted by Crippen LogP contribution is -2.17. The van der Waals surface area contributed by atoms with Crippen molar-refractivity contribution < 1.29 is 13.2 Å². The molecule has 1 aromatic heterocycles. The highest BCUT2D eigenvalue weighted by atomic mass is 32.2. The number of anilines is 1. The Balaban J connectivity index is 2.03. The number of ether oxygens (including phenoxy) is 1. The van der Waals surface area contributed by atoms with Gasteiger partial charge in [0, 0.05) is 5.39 Å². The van der Waals surface area contributed by atoms with Crippen molar-refractivity contribution in [3.05, 3.63) is 60.3 Å². The predicted octanol–water partition coefficient (Wildman–Crippen LogP) is 4.34. The Hall–Kier alpha value is -2.60. The van der Waals surface area contributed by atoms with E-state index < -0.39 is 10.0 Å². The van der Waals surface area contributed by atoms with E-state index in [0.29, 0.717) is 11.4 Å². The van der Waals surface area contributed by atoms with Gasteiger partial charge in [0.05, 0.1) is 24.5 Å². The van der Waals surface area contributed by atoms with Crippen molar-refractivity contribution in [2.75, 3.05) is 11.8 Å². The van der Waals surface area contributed by atoms with Crippen LogP contribution in [0.25, 0.3) is 10.9 Å². The number of sulfonamides is 1. The van der Waals surface area contributed by atoms with E-state index in [2.05, 4.69) is 9.71 Å². The van der Waals surface area contributed by atoms with Gasteiger partial charge in [-0.1, -0.05) is 45.0 Å². The average Bonchev–Trinajstić information content (AvgIpc) is 2.60. The summed E-state index contributed by atoms with van der Waals surface area (Å²) < 4.78 is 33.8. The molecule has 0 spiro atoms. The second kappa shape index (κ2) is 6.61. The van der Waals surface area contributed by atoms with Crippen molar-refractivity contribution in [3.8, 4) is 5.75 Å². The van der Waals surface area contributed by atoms with Crippen molar-refractivity contribution in [1.29, 1.82) is 0 Å². The smallest absolute Gasteiger partial charge is 0.265 e. The number of fused-ring (bicyclic) bond motifs is 1. The number of rotatable bonds is 4. The zero-order valence-corrected chi connectivity index (χ0v) is 16.1. The molecule has 0 aliphatic heterocycles. The fourth-order valence-electron chi connectivity index (χ4n) is 2.69. The fraction of sp³-hybridized carbons (Fsp3) is 0.250. The summed E-state index contributed by atoms with van der Waals surface area (Å²) in [6.45, 7) is 6.10. The molecular weight excluding hydrogens is 348 g/mol. The summed E-state index contributed by atoms with van der Waals surface area (Å²) in [4.78, 5) is 4.41. The third-order valence-electron chi connectivity index (χ3n) is 4.16. The molecule has 0 saturated heterocycles. The molecule has 0 aliphatic carbocycles. The summed E-state index contributed by atoms with van der Waals surface area (Å²) in [6.07, 6.45) is 1.51. The number of benzene rings is 2. The molecule has 3 aromatic rings. The van der Waals surface area contributed by atoms with Crippen LogP contribution in [-0.2, 0) is 15.4 Å². The molecule has 3 rings (SSSR count). The normalized spacial score (nSPS) is 12.2. The van der Waals surface area contributed by atoms with Crippen LogP contribution in [0.4, 0.5) is 5.69 Å². The quantitative estimate of drug-likeness (QED) is 0.742. The Labute approximate surface area is 154 Å². The average molecular weight is 370 g/mol. The SMILES string of the molecule is COc1ccc(C(C)(C)C)cc1S(=O)(=O)Nc1cnc2ccccc2c1. The van der Waals surface area contributed by atoms with E-state index in [1.165, 1.54) is 13.3 Å². The minimum absolute atomic E-state index is 0.112. The molecule has 0 aliphatic rings. The Bertz CT molecular complexity index is 1050. The number of aromatic nitrogens is 1. The molecule has 0 saturated carbocycles. The highest BCUT2D eigenvalue weighted by molar-refractivity contribution is 7.92. The summed E-state index contributed by atoms with van der Waals surface area (Å²) >= 11 is 0. The monoisotopic (exact) mass is 370 g/mol. The maximum Gasteiger partial charge on any atom is 0.265 e. The molecule has 2 aromatic carbocycles. The van der Waals surface area contributed by atoms with Gasteiger partial charge in [0.15, 0.2) is 0 Å². The van der Waals surface area contributed by atoms with E-state index in [-0.39, 0.29) is 10.3 Å². The highest BCUT2D eigenvalue weighted by Crippen LogP contribution is 2.32. The first kappa shape index (κ1) is 18.2. The Morgan fingerprint density at radius 3 is 2.46 bits per heavy atom. The Morgan fingerprint density at radius 1 is 1.04 bits per heavy atom. The van der Waals surface area contributed by atoms with Crippen LogP contribution in [0.15, 0.2) is 59.6 Å². The molecule has 136 valence electrons. The van der Waals surface area contributed by atoms with Crippen molar-refractivity contribution in [2.24, 2.45) is 0 Å². The van der Waals surface area contributed by atoms with Gasteiger partial charge in [0.2, 0.25) is 0 Å². The predicted molar refractivity (Wildman–Crippen MR) is 104 cm³/mol. The van der Waals surface area contributed by atoms with Crippen LogP contribution in [-0.4, -0.2) is 20.5 Å². The minimum atomic E-state index is -3.82. The summed E-state index contributed by atoms with van der Waals surface area (Å²) in [5.41, 5.74) is 1.95. The van der Waals surface area contributed by atoms with Crippen LogP contribution >= 0.6 is 0 Å². The number of methoxy groups -OCH3 is 1. The van der Waals surface area contributed by atoms with E-state index in [1.807, 2.05) is 51.1 Å². The molecule has 0 atom stereocenters. The summed E-state index contributed by atoms with van der Waals surface area (Å²) in [6, 6.07) is 14.5. The van der Waals surface area contributed by atoms with Gasteiger partial charge in [-0.2, -0.15) is 0 Å². The van der Waals surface area contributed by atoms with Gasteiger partial charge in [0.25, 0.3) is 10.0 Å². The summed E-state index contributed by atoms with van der Waals surface area (Å²) in [7, 11) is -2.36. The number of para-hydroxylation sites is 1. The third-order valence-corrected chi connectivity index (χ3v) is 5.56. The number of hydrogen-bond donors (Lipinski definition) is 1. The standard InChI is InChI=1S/C20H22N2O3S/c1-20(2,3)15-9-10-18(25-4)19(12-15)26(23,24)22-16-11-14-7-5-6-8-17(14)21-13-16/h5-13,22H,1-4H3. The first-order valence-corrected chi connectivity index (χ1v) is 9.75. The largest absolute Gasteiger partial charge is 0.495 e. The van der Waals surface area contributed by atoms with Gasteiger partial charge >= 0.3 is 0 Å². The van der Waals surface area contributed by atoms with Crippen LogP contribution in [0.2, 0.25) is 0 Å². The molecule has 26 heavy (non-hydrogen) atoms. The molecule has 0 amide bonds. The van der Waals surface area contributed by atoms with E-state index in [9.17, 15) is 8.42 Å². The van der Waals surface area contributed by atoms with Gasteiger partial charge in [-0.3, -0.25) is 9.71 Å². The van der Waals surface area contributed by atoms with Crippen LogP contribution in [0.3, 0.4) is 0 Å². The van der Waals surface area contributed by atoms with E-state index in [0.717, 1.165) is 16.5 Å². The third kappa shape index (κ3) is 3.65. The maximum atomic E-state index is 13.0. The van der Waals surface area contributed by atoms with Crippen LogP contribution in [0.5, 0.6) is 5.75 Å². The topological polar surface area (TPSA) is 68.3 Å². The minimum Gasteiger partial charge on any atom is -0.495 e. The first-order chi connectivity index (χ1) is 12.2. The number of pyridine rings is 1. The van der Waals surface area contributed by atoms with E-state index in [4.69, 9.17) is 4.74 Å². The van der Waals surface area contributed by atoms with Gasteiger partial charge < -0.3 is 4.74 Å². The fourth-order valence-corrected chi connectivity index (χ4v) is 3.92. The zero-order valence-electron chi connectivity index (χ0n) is 15.3. The van der Waals surface area contributed by atoms with Crippen molar-refractivity contribution >= 4 is 26.6 Å². The number of hydrogen-bond acceptors (Lipinski definition) is 4. The molecule has 0 unspecified atom stereocenters. The maximum absolute atomic E-state index is 13.0. The van der Waals surface area contributed by atoms with Crippen LogP contribution < -0.4 is 9.46 Å². The highest BCUT2D eigenvalue weighted by Gasteiger charge is 2.24. The molecule has 1 heterocycles. The second-order valence-electron chi connectivity index (χ2n) is 7.14. The van der Waals surface area contributed by atoms with Crippen molar-refractivity contribution in [2.45, 2.75) is 31.1 Å². The summed E-state index contributed by atoms with van der Waals surface area (Å²) in [5.74, 6) is 0.305. The van der Waals surface area contributed by atoms with Gasteiger partial charge in [-0.05, 0) is 35.2 Å². The Morgan fingerprint density at radius 2 is 1.77 bits per heavy atom. The number of nitrogens with one attached hydrogen (secondary N) is 1. The van der Waals surface area contributed by atoms with Gasteiger partial charge in [0.1, 0.15) is 10.6 Å². The zero-order chi connectivity index (χ0) is 18.9. The number of nitrogens with zero attached hydrogens (tertiary/aromatic N) is 1. The lowest BCUT2D eigenvalue weighted by Gasteiger charge is -2.21. The van der Waals surface area contributed by atoms with E-state index >= 15 is 0 Å². The molecule has 1 N–H and O–H groups in total. The summed E-state index contributed by atoms with van der Waals surface area (Å²) in [5, 5.41) is 0.864. The van der Waals surface area contributed by atoms with Crippen LogP contribution in [0.1, 0.15) is 26.3 Å². The molecular formula is C20H22N2O3S.